The third-order valence-corrected chi connectivity index (χ3v) is 6.75. The highest BCUT2D eigenvalue weighted by molar-refractivity contribution is 5.84. The number of hydrogen-bond donors (Lipinski definition) is 0. The molecule has 3 rings (SSSR count). The molecule has 0 amide bonds. The SMILES string of the molecule is CCCCCc1ccc(-c2ccccc2-c2ccc(C(C)C(C#N)C(C)C#N)c(F)c2F)c(F)c1F. The summed E-state index contributed by atoms with van der Waals surface area (Å²) < 4.78 is 60.6. The van der Waals surface area contributed by atoms with E-state index in [2.05, 4.69) is 0 Å². The maximum Gasteiger partial charge on any atom is 0.166 e. The maximum absolute atomic E-state index is 15.4. The Labute approximate surface area is 209 Å². The lowest BCUT2D eigenvalue weighted by Gasteiger charge is -2.21. The van der Waals surface area contributed by atoms with Crippen molar-refractivity contribution < 1.29 is 17.6 Å². The van der Waals surface area contributed by atoms with Gasteiger partial charge < -0.3 is 0 Å². The molecule has 6 heteroatoms. The molecule has 186 valence electrons. The van der Waals surface area contributed by atoms with Crippen molar-refractivity contribution >= 4 is 0 Å². The summed E-state index contributed by atoms with van der Waals surface area (Å²) in [5.74, 6) is -6.45. The van der Waals surface area contributed by atoms with Gasteiger partial charge in [-0.2, -0.15) is 10.5 Å². The van der Waals surface area contributed by atoms with E-state index in [-0.39, 0.29) is 33.4 Å². The van der Waals surface area contributed by atoms with Crippen molar-refractivity contribution in [2.75, 3.05) is 0 Å². The highest BCUT2D eigenvalue weighted by Crippen LogP contribution is 2.39. The van der Waals surface area contributed by atoms with Gasteiger partial charge in [-0.1, -0.05) is 75.2 Å². The third-order valence-electron chi connectivity index (χ3n) is 6.75. The lowest BCUT2D eigenvalue weighted by molar-refractivity contribution is 0.429. The van der Waals surface area contributed by atoms with Crippen molar-refractivity contribution in [2.45, 2.75) is 52.4 Å². The lowest BCUT2D eigenvalue weighted by atomic mass is 9.80. The number of hydrogen-bond acceptors (Lipinski definition) is 2. The van der Waals surface area contributed by atoms with Gasteiger partial charge in [-0.3, -0.25) is 0 Å². The molecule has 3 aromatic carbocycles. The van der Waals surface area contributed by atoms with E-state index in [1.54, 1.807) is 32.0 Å². The predicted octanol–water partition coefficient (Wildman–Crippen LogP) is 8.71. The van der Waals surface area contributed by atoms with E-state index in [1.165, 1.54) is 30.3 Å². The summed E-state index contributed by atoms with van der Waals surface area (Å²) in [4.78, 5) is 0. The second-order valence-corrected chi connectivity index (χ2v) is 9.09. The average Bonchev–Trinajstić information content (AvgIpc) is 2.88. The van der Waals surface area contributed by atoms with Crippen molar-refractivity contribution in [1.29, 1.82) is 10.5 Å². The van der Waals surface area contributed by atoms with Gasteiger partial charge >= 0.3 is 0 Å². The topological polar surface area (TPSA) is 47.6 Å². The van der Waals surface area contributed by atoms with E-state index >= 15 is 13.2 Å². The van der Waals surface area contributed by atoms with Crippen LogP contribution in [0.5, 0.6) is 0 Å². The van der Waals surface area contributed by atoms with E-state index in [1.807, 2.05) is 19.1 Å². The zero-order chi connectivity index (χ0) is 26.4. The fourth-order valence-corrected chi connectivity index (χ4v) is 4.56. The Morgan fingerprint density at radius 2 is 1.28 bits per heavy atom. The van der Waals surface area contributed by atoms with Crippen LogP contribution >= 0.6 is 0 Å². The minimum atomic E-state index is -1.15. The standard InChI is InChI=1S/C30H28F4N2/c1-4-5-6-9-20-12-13-24(29(33)27(20)31)22-10-7-8-11-23(22)25-15-14-21(28(32)30(25)34)19(3)26(17-36)18(2)16-35/h7-8,10-15,18-19,26H,4-6,9H2,1-3H3. The van der Waals surface area contributed by atoms with Crippen molar-refractivity contribution in [3.05, 3.63) is 82.9 Å². The van der Waals surface area contributed by atoms with E-state index in [0.717, 1.165) is 19.3 Å². The van der Waals surface area contributed by atoms with Gasteiger partial charge in [0.25, 0.3) is 0 Å². The number of unbranched alkanes of at least 4 members (excludes halogenated alkanes) is 2. The largest absolute Gasteiger partial charge is 0.203 e. The molecule has 0 aliphatic carbocycles. The normalized spacial score (nSPS) is 13.5. The zero-order valence-electron chi connectivity index (χ0n) is 20.6. The smallest absolute Gasteiger partial charge is 0.166 e. The first-order chi connectivity index (χ1) is 17.3. The first-order valence-electron chi connectivity index (χ1n) is 12.1. The molecular formula is C30H28F4N2. The number of rotatable bonds is 9. The number of benzene rings is 3. The van der Waals surface area contributed by atoms with Crippen LogP contribution in [0.3, 0.4) is 0 Å². The van der Waals surface area contributed by atoms with Crippen LogP contribution in [-0.4, -0.2) is 0 Å². The monoisotopic (exact) mass is 492 g/mol. The van der Waals surface area contributed by atoms with Gasteiger partial charge in [0.2, 0.25) is 0 Å². The summed E-state index contributed by atoms with van der Waals surface area (Å²) in [7, 11) is 0. The lowest BCUT2D eigenvalue weighted by Crippen LogP contribution is -2.17. The van der Waals surface area contributed by atoms with Gasteiger partial charge in [-0.05, 0) is 42.0 Å². The molecule has 3 unspecified atom stereocenters. The van der Waals surface area contributed by atoms with Gasteiger partial charge in [-0.15, -0.1) is 0 Å². The molecule has 36 heavy (non-hydrogen) atoms. The Hall–Kier alpha value is -3.64. The number of halogens is 4. The molecule has 3 atom stereocenters. The van der Waals surface area contributed by atoms with E-state index < -0.39 is 41.0 Å². The van der Waals surface area contributed by atoms with Crippen LogP contribution in [-0.2, 0) is 6.42 Å². The van der Waals surface area contributed by atoms with Crippen LogP contribution in [0.1, 0.15) is 57.1 Å². The molecule has 0 saturated carbocycles. The van der Waals surface area contributed by atoms with Crippen molar-refractivity contribution in [1.82, 2.24) is 0 Å². The molecule has 0 aromatic heterocycles. The van der Waals surface area contributed by atoms with Crippen molar-refractivity contribution in [3.63, 3.8) is 0 Å². The minimum absolute atomic E-state index is 0.0176. The Morgan fingerprint density at radius 1 is 0.694 bits per heavy atom. The minimum Gasteiger partial charge on any atom is -0.203 e. The van der Waals surface area contributed by atoms with Crippen LogP contribution in [0, 0.1) is 57.8 Å². The van der Waals surface area contributed by atoms with Crippen LogP contribution in [0.2, 0.25) is 0 Å². The third kappa shape index (κ3) is 5.29. The molecule has 0 aliphatic heterocycles. The predicted molar refractivity (Wildman–Crippen MR) is 133 cm³/mol. The highest BCUT2D eigenvalue weighted by Gasteiger charge is 2.29. The Kier molecular flexibility index (Phi) is 8.88. The van der Waals surface area contributed by atoms with Gasteiger partial charge in [0.05, 0.1) is 24.0 Å². The quantitative estimate of drug-likeness (QED) is 0.221. The Bertz CT molecular complexity index is 1320. The number of aryl methyl sites for hydroxylation is 1. The molecule has 0 N–H and O–H groups in total. The molecule has 0 bridgehead atoms. The first kappa shape index (κ1) is 27.0. The van der Waals surface area contributed by atoms with Gasteiger partial charge in [0, 0.05) is 17.0 Å². The summed E-state index contributed by atoms with van der Waals surface area (Å²) in [5.41, 5.74) is 0.584. The summed E-state index contributed by atoms with van der Waals surface area (Å²) in [6.07, 6.45) is 3.05. The summed E-state index contributed by atoms with van der Waals surface area (Å²) in [6, 6.07) is 16.1. The summed E-state index contributed by atoms with van der Waals surface area (Å²) >= 11 is 0. The molecule has 0 heterocycles. The van der Waals surface area contributed by atoms with Crippen LogP contribution < -0.4 is 0 Å². The molecule has 0 saturated heterocycles. The molecule has 3 aromatic rings. The van der Waals surface area contributed by atoms with Gasteiger partial charge in [0.1, 0.15) is 0 Å². The molecular weight excluding hydrogens is 464 g/mol. The van der Waals surface area contributed by atoms with E-state index in [4.69, 9.17) is 0 Å². The number of nitriles is 2. The highest BCUT2D eigenvalue weighted by atomic mass is 19.2. The summed E-state index contributed by atoms with van der Waals surface area (Å²) in [5, 5.41) is 18.6. The van der Waals surface area contributed by atoms with Gasteiger partial charge in [-0.25, -0.2) is 17.6 Å². The second kappa shape index (κ2) is 11.9. The second-order valence-electron chi connectivity index (χ2n) is 9.09. The fraction of sp³-hybridized carbons (Fsp3) is 0.333. The fourth-order valence-electron chi connectivity index (χ4n) is 4.56. The zero-order valence-corrected chi connectivity index (χ0v) is 20.6. The molecule has 2 nitrogen and oxygen atoms in total. The van der Waals surface area contributed by atoms with Crippen molar-refractivity contribution in [3.8, 4) is 34.4 Å². The van der Waals surface area contributed by atoms with Crippen LogP contribution in [0.15, 0.2) is 48.5 Å². The maximum atomic E-state index is 15.4. The molecule has 0 spiro atoms. The Morgan fingerprint density at radius 3 is 1.83 bits per heavy atom. The molecule has 0 fully saturated rings. The van der Waals surface area contributed by atoms with Crippen molar-refractivity contribution in [2.24, 2.45) is 11.8 Å². The summed E-state index contributed by atoms with van der Waals surface area (Å²) in [6.45, 7) is 5.17. The molecule has 0 aliphatic rings. The van der Waals surface area contributed by atoms with E-state index in [9.17, 15) is 14.9 Å². The van der Waals surface area contributed by atoms with E-state index in [0.29, 0.717) is 6.42 Å². The average molecular weight is 493 g/mol. The van der Waals surface area contributed by atoms with Gasteiger partial charge in [0.15, 0.2) is 23.3 Å². The van der Waals surface area contributed by atoms with Crippen LogP contribution in [0.25, 0.3) is 22.3 Å². The Balaban J connectivity index is 2.07. The molecule has 0 radical (unpaired) electrons. The number of nitrogens with zero attached hydrogens (tertiary/aromatic N) is 2. The van der Waals surface area contributed by atoms with Crippen LogP contribution in [0.4, 0.5) is 17.6 Å². The first-order valence-corrected chi connectivity index (χ1v) is 12.1.